The number of nitrogens with two attached hydrogens (primary N) is 1. The van der Waals surface area contributed by atoms with Gasteiger partial charge in [-0.3, -0.25) is 9.59 Å². The first kappa shape index (κ1) is 22.5. The van der Waals surface area contributed by atoms with E-state index in [-0.39, 0.29) is 35.4 Å². The van der Waals surface area contributed by atoms with Gasteiger partial charge in [-0.2, -0.15) is 17.0 Å². The van der Waals surface area contributed by atoms with Crippen molar-refractivity contribution in [3.8, 4) is 6.07 Å². The number of carbonyl (C=O) groups excluding carboxylic acids is 2. The van der Waals surface area contributed by atoms with E-state index < -0.39 is 11.6 Å². The molecule has 0 aromatic heterocycles. The van der Waals surface area contributed by atoms with E-state index in [1.807, 2.05) is 18.2 Å². The molecule has 1 amide bonds. The van der Waals surface area contributed by atoms with Crippen LogP contribution in [0.5, 0.6) is 0 Å². The number of carbonyl (C=O) groups is 2. The molecule has 0 radical (unpaired) electrons. The third-order valence-corrected chi connectivity index (χ3v) is 9.69. The Morgan fingerprint density at radius 1 is 1.25 bits per heavy atom. The molecule has 0 aromatic rings. The first-order valence-corrected chi connectivity index (χ1v) is 13.6. The maximum Gasteiger partial charge on any atom is 0.323 e. The van der Waals surface area contributed by atoms with E-state index in [1.54, 1.807) is 11.8 Å². The van der Waals surface area contributed by atoms with Crippen LogP contribution in [0.1, 0.15) is 57.8 Å². The van der Waals surface area contributed by atoms with Crippen LogP contribution in [0.15, 0.2) is 0 Å². The van der Waals surface area contributed by atoms with E-state index in [9.17, 15) is 14.9 Å². The van der Waals surface area contributed by atoms with Crippen LogP contribution in [0.3, 0.4) is 0 Å². The zero-order valence-electron chi connectivity index (χ0n) is 19.2. The molecule has 3 N–H and O–H groups in total. The number of ether oxygens (including phenoxy) is 1. The summed E-state index contributed by atoms with van der Waals surface area (Å²) in [7, 11) is 1.81. The molecule has 5 saturated carbocycles. The second kappa shape index (κ2) is 8.18. The monoisotopic (exact) mass is 460 g/mol. The van der Waals surface area contributed by atoms with E-state index in [2.05, 4.69) is 11.4 Å². The SMILES string of the molecule is CNC(CCSC)C(=O)OC12CC3C[C@H](C1)CC([C@H](N)C(=O)N1C4CC4C[C@H]1C#N)(C3)C2. The molecular formula is C24H36N4O3S. The molecule has 8 heteroatoms. The quantitative estimate of drug-likeness (QED) is 0.534. The second-order valence-electron chi connectivity index (χ2n) is 11.2. The number of hydrogen-bond acceptors (Lipinski definition) is 7. The third-order valence-electron chi connectivity index (χ3n) is 9.05. The van der Waals surface area contributed by atoms with Crippen LogP contribution in [0.2, 0.25) is 0 Å². The van der Waals surface area contributed by atoms with E-state index >= 15 is 0 Å². The van der Waals surface area contributed by atoms with Crippen molar-refractivity contribution in [1.82, 2.24) is 10.2 Å². The second-order valence-corrected chi connectivity index (χ2v) is 12.2. The fourth-order valence-corrected chi connectivity index (χ4v) is 8.41. The highest BCUT2D eigenvalue weighted by molar-refractivity contribution is 7.98. The fraction of sp³-hybridized carbons (Fsp3) is 0.875. The van der Waals surface area contributed by atoms with E-state index in [0.29, 0.717) is 24.2 Å². The van der Waals surface area contributed by atoms with Crippen LogP contribution >= 0.6 is 11.8 Å². The van der Waals surface area contributed by atoms with Crippen LogP contribution in [0, 0.1) is 34.5 Å². The highest BCUT2D eigenvalue weighted by atomic mass is 32.2. The predicted octanol–water partition coefficient (Wildman–Crippen LogP) is 2.05. The van der Waals surface area contributed by atoms with E-state index in [0.717, 1.165) is 57.1 Å². The van der Waals surface area contributed by atoms with Crippen LogP contribution in [-0.2, 0) is 14.3 Å². The van der Waals surface area contributed by atoms with Crippen molar-refractivity contribution >= 4 is 23.6 Å². The first-order chi connectivity index (χ1) is 15.3. The number of likely N-dealkylation sites (N-methyl/N-ethyl adjacent to an activating group) is 1. The van der Waals surface area contributed by atoms with Crippen LogP contribution in [-0.4, -0.2) is 65.6 Å². The van der Waals surface area contributed by atoms with Gasteiger partial charge in [-0.05, 0) is 100 Å². The molecule has 6 fully saturated rings. The highest BCUT2D eigenvalue weighted by Gasteiger charge is 2.64. The number of likely N-dealkylation sites (tertiary alicyclic amines) is 1. The predicted molar refractivity (Wildman–Crippen MR) is 123 cm³/mol. The fourth-order valence-electron chi connectivity index (χ4n) is 7.94. The average Bonchev–Trinajstić information content (AvgIpc) is 3.41. The molecule has 6 aliphatic rings. The summed E-state index contributed by atoms with van der Waals surface area (Å²) < 4.78 is 6.31. The van der Waals surface area contributed by atoms with Crippen molar-refractivity contribution in [3.05, 3.63) is 0 Å². The van der Waals surface area contributed by atoms with Crippen molar-refractivity contribution < 1.29 is 14.3 Å². The zero-order chi connectivity index (χ0) is 22.7. The molecular weight excluding hydrogens is 424 g/mol. The number of esters is 1. The summed E-state index contributed by atoms with van der Waals surface area (Å²) in [5.74, 6) is 2.10. The minimum atomic E-state index is -0.613. The number of amides is 1. The normalized spacial score (nSPS) is 42.8. The summed E-state index contributed by atoms with van der Waals surface area (Å²) >= 11 is 1.73. The summed E-state index contributed by atoms with van der Waals surface area (Å²) in [6.07, 6.45) is 10.1. The lowest BCUT2D eigenvalue weighted by atomic mass is 9.46. The van der Waals surface area contributed by atoms with Gasteiger partial charge in [0, 0.05) is 6.04 Å². The largest absolute Gasteiger partial charge is 0.458 e. The lowest BCUT2D eigenvalue weighted by Gasteiger charge is -2.62. The Hall–Kier alpha value is -1.30. The number of hydrogen-bond donors (Lipinski definition) is 2. The van der Waals surface area contributed by atoms with Gasteiger partial charge in [0.15, 0.2) is 0 Å². The van der Waals surface area contributed by atoms with Gasteiger partial charge >= 0.3 is 5.97 Å². The summed E-state index contributed by atoms with van der Waals surface area (Å²) in [6.45, 7) is 0. The smallest absolute Gasteiger partial charge is 0.323 e. The molecule has 9 atom stereocenters. The van der Waals surface area contributed by atoms with Crippen LogP contribution < -0.4 is 11.1 Å². The standard InChI is InChI=1S/C24H36N4O3S/c1-27-18(3-4-32-2)22(30)31-24-10-14-5-15(11-24)9-23(8-14,13-24)20(26)21(29)28-17(12-25)6-16-7-19(16)28/h14-20,27H,3-11,13,26H2,1-2H3/t14-,15?,16?,17-,18?,19?,20+,23?,24?/m0/s1. The maximum atomic E-state index is 13.6. The Morgan fingerprint density at radius 2 is 1.97 bits per heavy atom. The molecule has 32 heavy (non-hydrogen) atoms. The molecule has 1 saturated heterocycles. The first-order valence-electron chi connectivity index (χ1n) is 12.2. The van der Waals surface area contributed by atoms with Crippen molar-refractivity contribution in [3.63, 3.8) is 0 Å². The molecule has 1 aliphatic heterocycles. The van der Waals surface area contributed by atoms with Gasteiger partial charge in [-0.25, -0.2) is 0 Å². The van der Waals surface area contributed by atoms with Gasteiger partial charge in [-0.15, -0.1) is 0 Å². The molecule has 4 bridgehead atoms. The number of piperidine rings is 1. The van der Waals surface area contributed by atoms with Gasteiger partial charge in [0.05, 0.1) is 12.1 Å². The van der Waals surface area contributed by atoms with Gasteiger partial charge in [-0.1, -0.05) is 0 Å². The maximum absolute atomic E-state index is 13.6. The minimum Gasteiger partial charge on any atom is -0.458 e. The number of fused-ring (bicyclic) bond motifs is 1. The molecule has 176 valence electrons. The number of rotatable bonds is 8. The molecule has 5 aliphatic carbocycles. The molecule has 6 unspecified atom stereocenters. The molecule has 0 spiro atoms. The molecule has 1 heterocycles. The topological polar surface area (TPSA) is 108 Å². The lowest BCUT2D eigenvalue weighted by Crippen LogP contribution is -2.66. The molecule has 7 nitrogen and oxygen atoms in total. The molecule has 6 rings (SSSR count). The van der Waals surface area contributed by atoms with Crippen LogP contribution in [0.4, 0.5) is 0 Å². The Bertz CT molecular complexity index is 815. The lowest BCUT2D eigenvalue weighted by molar-refractivity contribution is -0.207. The van der Waals surface area contributed by atoms with Gasteiger partial charge in [0.1, 0.15) is 17.7 Å². The van der Waals surface area contributed by atoms with Gasteiger partial charge < -0.3 is 20.7 Å². The Balaban J connectivity index is 1.35. The third kappa shape index (κ3) is 3.65. The van der Waals surface area contributed by atoms with Gasteiger partial charge in [0.25, 0.3) is 0 Å². The Morgan fingerprint density at radius 3 is 2.59 bits per heavy atom. The number of nitrogens with one attached hydrogen (secondary N) is 1. The number of nitriles is 1. The zero-order valence-corrected chi connectivity index (χ0v) is 20.0. The summed E-state index contributed by atoms with van der Waals surface area (Å²) in [5.41, 5.74) is 5.97. The highest BCUT2D eigenvalue weighted by Crippen LogP contribution is 2.64. The van der Waals surface area contributed by atoms with E-state index in [4.69, 9.17) is 10.5 Å². The van der Waals surface area contributed by atoms with E-state index in [1.165, 1.54) is 0 Å². The molecule has 0 aromatic carbocycles. The van der Waals surface area contributed by atoms with Gasteiger partial charge in [0.2, 0.25) is 5.91 Å². The summed E-state index contributed by atoms with van der Waals surface area (Å²) in [5, 5.41) is 12.7. The summed E-state index contributed by atoms with van der Waals surface area (Å²) in [6, 6.07) is 1.30. The van der Waals surface area contributed by atoms with Crippen molar-refractivity contribution in [2.24, 2.45) is 28.9 Å². The van der Waals surface area contributed by atoms with Crippen molar-refractivity contribution in [1.29, 1.82) is 5.26 Å². The number of nitrogens with zero attached hydrogens (tertiary/aromatic N) is 2. The van der Waals surface area contributed by atoms with Crippen LogP contribution in [0.25, 0.3) is 0 Å². The Kier molecular flexibility index (Phi) is 5.75. The van der Waals surface area contributed by atoms with Crippen molar-refractivity contribution in [2.75, 3.05) is 19.1 Å². The van der Waals surface area contributed by atoms with Crippen molar-refractivity contribution in [2.45, 2.75) is 87.6 Å². The average molecular weight is 461 g/mol. The summed E-state index contributed by atoms with van der Waals surface area (Å²) in [4.78, 5) is 28.5. The Labute approximate surface area is 195 Å². The number of thioether (sulfide) groups is 1. The minimum absolute atomic E-state index is 0.0435.